The zero-order valence-electron chi connectivity index (χ0n) is 17.3. The van der Waals surface area contributed by atoms with Gasteiger partial charge < -0.3 is 10.6 Å². The summed E-state index contributed by atoms with van der Waals surface area (Å²) in [7, 11) is 0. The summed E-state index contributed by atoms with van der Waals surface area (Å²) in [4.78, 5) is 21.3. The number of fused-ring (bicyclic) bond motifs is 1. The molecule has 1 spiro atoms. The van der Waals surface area contributed by atoms with Crippen molar-refractivity contribution in [2.24, 2.45) is 9.98 Å². The Hall–Kier alpha value is -2.02. The first-order chi connectivity index (χ1) is 13.1. The van der Waals surface area contributed by atoms with Crippen LogP contribution in [-0.2, 0) is 0 Å². The van der Waals surface area contributed by atoms with Gasteiger partial charge in [0.2, 0.25) is 0 Å². The number of hydrogen-bond donors (Lipinski definition) is 2. The molecule has 2 heterocycles. The lowest BCUT2D eigenvalue weighted by Gasteiger charge is -2.46. The van der Waals surface area contributed by atoms with Crippen molar-refractivity contribution in [3.63, 3.8) is 0 Å². The fourth-order valence-corrected chi connectivity index (χ4v) is 5.49. The van der Waals surface area contributed by atoms with Gasteiger partial charge in [-0.2, -0.15) is 0 Å². The molecule has 152 valence electrons. The van der Waals surface area contributed by atoms with Crippen molar-refractivity contribution in [1.82, 2.24) is 5.32 Å². The second kappa shape index (κ2) is 6.51. The summed E-state index contributed by atoms with van der Waals surface area (Å²) in [6, 6.07) is 3.48. The average Bonchev–Trinajstić information content (AvgIpc) is 2.90. The van der Waals surface area contributed by atoms with E-state index in [1.165, 1.54) is 6.42 Å². The molecule has 0 bridgehead atoms. The predicted octanol–water partition coefficient (Wildman–Crippen LogP) is 3.23. The van der Waals surface area contributed by atoms with Crippen LogP contribution in [0.1, 0.15) is 72.6 Å². The van der Waals surface area contributed by atoms with Crippen LogP contribution >= 0.6 is 0 Å². The normalized spacial score (nSPS) is 24.9. The monoisotopic (exact) mass is 385 g/mol. The number of nitro benzene ring substituents is 1. The molecule has 1 saturated heterocycles. The molecule has 28 heavy (non-hydrogen) atoms. The number of anilines is 1. The van der Waals surface area contributed by atoms with Gasteiger partial charge in [-0.15, -0.1) is 0 Å². The summed E-state index contributed by atoms with van der Waals surface area (Å²) in [5.74, 6) is 0. The zero-order valence-corrected chi connectivity index (χ0v) is 17.3. The van der Waals surface area contributed by atoms with Crippen LogP contribution in [0.4, 0.5) is 11.4 Å². The lowest BCUT2D eigenvalue weighted by molar-refractivity contribution is -0.384. The van der Waals surface area contributed by atoms with E-state index in [0.717, 1.165) is 43.9 Å². The topological polar surface area (TPSA) is 91.9 Å². The van der Waals surface area contributed by atoms with E-state index in [4.69, 9.17) is 9.98 Å². The van der Waals surface area contributed by atoms with E-state index in [1.807, 2.05) is 0 Å². The van der Waals surface area contributed by atoms with Gasteiger partial charge in [0.15, 0.2) is 5.66 Å². The zero-order chi connectivity index (χ0) is 20.2. The molecule has 0 amide bonds. The Bertz CT molecular complexity index is 899. The standard InChI is InChI=1S/C21H31N5O2/c1-19(2)12-14(13-20(3,4)25-19)22-18-16(26(27)28)9-8-15-17(18)24-21(23-15)10-6-5-7-11-21/h8-9,14,22,25H,5-7,10-13H2,1-4H3. The van der Waals surface area contributed by atoms with Gasteiger partial charge in [0.05, 0.1) is 10.3 Å². The second-order valence-electron chi connectivity index (χ2n) is 9.99. The maximum absolute atomic E-state index is 11.8. The second-order valence-corrected chi connectivity index (χ2v) is 9.99. The van der Waals surface area contributed by atoms with Gasteiger partial charge in [-0.1, -0.05) is 6.42 Å². The van der Waals surface area contributed by atoms with Crippen LogP contribution in [0.15, 0.2) is 22.1 Å². The Morgan fingerprint density at radius 1 is 1.07 bits per heavy atom. The number of nitrogens with one attached hydrogen (secondary N) is 2. The minimum absolute atomic E-state index is 0.0434. The lowest BCUT2D eigenvalue weighted by Crippen LogP contribution is -2.60. The highest BCUT2D eigenvalue weighted by Gasteiger charge is 2.39. The molecule has 1 aliphatic carbocycles. The number of nitrogens with zero attached hydrogens (tertiary/aromatic N) is 3. The third kappa shape index (κ3) is 3.64. The molecular weight excluding hydrogens is 354 g/mol. The number of hydrogen-bond acceptors (Lipinski definition) is 6. The van der Waals surface area contributed by atoms with Crippen LogP contribution in [0.3, 0.4) is 0 Å². The molecule has 3 aliphatic rings. The fraction of sp³-hybridized carbons (Fsp3) is 0.714. The van der Waals surface area contributed by atoms with E-state index in [-0.39, 0.29) is 27.7 Å². The van der Waals surface area contributed by atoms with Crippen molar-refractivity contribution < 1.29 is 4.92 Å². The van der Waals surface area contributed by atoms with Gasteiger partial charge in [-0.3, -0.25) is 20.1 Å². The van der Waals surface area contributed by atoms with Crippen molar-refractivity contribution >= 4 is 11.4 Å². The van der Waals surface area contributed by atoms with E-state index >= 15 is 0 Å². The van der Waals surface area contributed by atoms with Gasteiger partial charge in [-0.05, 0) is 72.3 Å². The van der Waals surface area contributed by atoms with E-state index in [9.17, 15) is 10.1 Å². The predicted molar refractivity (Wildman–Crippen MR) is 109 cm³/mol. The van der Waals surface area contributed by atoms with Crippen LogP contribution in [0.2, 0.25) is 0 Å². The molecule has 0 radical (unpaired) electrons. The summed E-state index contributed by atoms with van der Waals surface area (Å²) in [5.41, 5.74) is 0.155. The Morgan fingerprint density at radius 2 is 1.71 bits per heavy atom. The maximum Gasteiger partial charge on any atom is 0.294 e. The van der Waals surface area contributed by atoms with E-state index < -0.39 is 5.66 Å². The molecule has 0 atom stereocenters. The van der Waals surface area contributed by atoms with Crippen molar-refractivity contribution in [2.45, 2.75) is 95.4 Å². The van der Waals surface area contributed by atoms with Crippen molar-refractivity contribution in [1.29, 1.82) is 0 Å². The molecule has 7 heteroatoms. The van der Waals surface area contributed by atoms with Gasteiger partial charge in [0, 0.05) is 23.2 Å². The highest BCUT2D eigenvalue weighted by molar-refractivity contribution is 5.61. The minimum Gasteiger partial charge on any atom is -0.375 e. The number of rotatable bonds is 3. The van der Waals surface area contributed by atoms with Crippen molar-refractivity contribution in [2.75, 3.05) is 5.32 Å². The highest BCUT2D eigenvalue weighted by Crippen LogP contribution is 2.35. The summed E-state index contributed by atoms with van der Waals surface area (Å²) < 4.78 is 0. The maximum atomic E-state index is 11.8. The van der Waals surface area contributed by atoms with Crippen molar-refractivity contribution in [3.8, 4) is 0 Å². The van der Waals surface area contributed by atoms with Gasteiger partial charge in [0.1, 0.15) is 11.0 Å². The Kier molecular flexibility index (Phi) is 4.49. The van der Waals surface area contributed by atoms with Crippen LogP contribution in [0, 0.1) is 10.1 Å². The Balaban J connectivity index is 1.76. The molecule has 7 nitrogen and oxygen atoms in total. The van der Waals surface area contributed by atoms with E-state index in [1.54, 1.807) is 12.1 Å². The number of nitro groups is 1. The average molecular weight is 386 g/mol. The summed E-state index contributed by atoms with van der Waals surface area (Å²) in [5, 5.41) is 20.4. The van der Waals surface area contributed by atoms with Gasteiger partial charge in [0.25, 0.3) is 5.69 Å². The summed E-state index contributed by atoms with van der Waals surface area (Å²) in [6.07, 6.45) is 7.09. The molecule has 0 unspecified atom stereocenters. The molecule has 2 fully saturated rings. The molecule has 1 aromatic rings. The van der Waals surface area contributed by atoms with Gasteiger partial charge in [-0.25, -0.2) is 0 Å². The molecule has 2 aliphatic heterocycles. The van der Waals surface area contributed by atoms with Crippen LogP contribution < -0.4 is 21.3 Å². The smallest absolute Gasteiger partial charge is 0.294 e. The molecule has 1 aromatic carbocycles. The van der Waals surface area contributed by atoms with Crippen LogP contribution in [-0.4, -0.2) is 27.7 Å². The number of piperidine rings is 1. The van der Waals surface area contributed by atoms with E-state index in [2.05, 4.69) is 38.3 Å². The SMILES string of the molecule is CC1(C)CC(Nc2c([N+](=O)[O-])ccc3c2=NC2(CCCCC2)N=3)CC(C)(C)N1. The largest absolute Gasteiger partial charge is 0.375 e. The molecule has 4 rings (SSSR count). The van der Waals surface area contributed by atoms with Crippen LogP contribution in [0.25, 0.3) is 0 Å². The lowest BCUT2D eigenvalue weighted by atomic mass is 9.79. The minimum atomic E-state index is -0.404. The Morgan fingerprint density at radius 3 is 2.32 bits per heavy atom. The van der Waals surface area contributed by atoms with E-state index in [0.29, 0.717) is 11.0 Å². The van der Waals surface area contributed by atoms with Crippen molar-refractivity contribution in [3.05, 3.63) is 33.0 Å². The van der Waals surface area contributed by atoms with Crippen LogP contribution in [0.5, 0.6) is 0 Å². The molecule has 2 N–H and O–H groups in total. The molecule has 1 saturated carbocycles. The first-order valence-corrected chi connectivity index (χ1v) is 10.4. The highest BCUT2D eigenvalue weighted by atomic mass is 16.6. The quantitative estimate of drug-likeness (QED) is 0.617. The summed E-state index contributed by atoms with van der Waals surface area (Å²) >= 11 is 0. The third-order valence-electron chi connectivity index (χ3n) is 6.17. The molecular formula is C21H31N5O2. The third-order valence-corrected chi connectivity index (χ3v) is 6.17. The van der Waals surface area contributed by atoms with Gasteiger partial charge >= 0.3 is 0 Å². The number of benzene rings is 1. The summed E-state index contributed by atoms with van der Waals surface area (Å²) in [6.45, 7) is 8.73. The molecule has 0 aromatic heterocycles. The first kappa shape index (κ1) is 19.3. The fourth-order valence-electron chi connectivity index (χ4n) is 5.49. The Labute approximate surface area is 165 Å². The first-order valence-electron chi connectivity index (χ1n) is 10.4.